The van der Waals surface area contributed by atoms with Crippen LogP contribution in [0, 0.1) is 0 Å². The number of rotatable bonds is 3. The minimum absolute atomic E-state index is 0.00185. The second-order valence-electron chi connectivity index (χ2n) is 4.42. The molecule has 0 radical (unpaired) electrons. The number of nitrogens with zero attached hydrogens (tertiary/aromatic N) is 2. The highest BCUT2D eigenvalue weighted by Crippen LogP contribution is 2.13. The van der Waals surface area contributed by atoms with Crippen LogP contribution in [0.25, 0.3) is 0 Å². The fourth-order valence-corrected chi connectivity index (χ4v) is 2.11. The van der Waals surface area contributed by atoms with E-state index < -0.39 is 0 Å². The third kappa shape index (κ3) is 3.06. The number of amides is 1. The zero-order valence-electron chi connectivity index (χ0n) is 10.2. The molecule has 1 N–H and O–H groups in total. The number of hydrogen-bond acceptors (Lipinski definition) is 4. The number of nitrogens with one attached hydrogen (secondary N) is 1. The Kier molecular flexibility index (Phi) is 4.14. The Bertz CT molecular complexity index is 368. The number of hydrogen-bond donors (Lipinski definition) is 1. The van der Waals surface area contributed by atoms with Crippen LogP contribution < -0.4 is 5.32 Å². The van der Waals surface area contributed by atoms with Crippen molar-refractivity contribution in [3.63, 3.8) is 0 Å². The molecule has 1 amide bonds. The summed E-state index contributed by atoms with van der Waals surface area (Å²) in [6, 6.07) is 1.73. The van der Waals surface area contributed by atoms with Gasteiger partial charge in [-0.15, -0.1) is 0 Å². The molecule has 5 heteroatoms. The third-order valence-electron chi connectivity index (χ3n) is 3.02. The summed E-state index contributed by atoms with van der Waals surface area (Å²) in [6.45, 7) is 2.28. The van der Waals surface area contributed by atoms with Gasteiger partial charge in [0, 0.05) is 19.2 Å². The van der Waals surface area contributed by atoms with E-state index in [0.717, 1.165) is 25.9 Å². The van der Waals surface area contributed by atoms with Crippen LogP contribution in [0.2, 0.25) is 0 Å². The van der Waals surface area contributed by atoms with Gasteiger partial charge in [-0.05, 0) is 19.9 Å². The molecule has 94 valence electrons. The van der Waals surface area contributed by atoms with Crippen LogP contribution in [-0.2, 0) is 6.54 Å². The molecule has 1 aromatic rings. The normalized spacial score (nSPS) is 16.9. The first kappa shape index (κ1) is 12.1. The predicted octanol–water partition coefficient (Wildman–Crippen LogP) is 1.41. The lowest BCUT2D eigenvalue weighted by Crippen LogP contribution is -2.32. The molecule has 1 aliphatic heterocycles. The summed E-state index contributed by atoms with van der Waals surface area (Å²) in [5, 5.41) is 6.80. The first-order valence-electron chi connectivity index (χ1n) is 6.20. The lowest BCUT2D eigenvalue weighted by Gasteiger charge is -2.18. The molecular formula is C12H19N3O2. The fourth-order valence-electron chi connectivity index (χ4n) is 2.11. The van der Waals surface area contributed by atoms with Gasteiger partial charge in [0.2, 0.25) is 0 Å². The van der Waals surface area contributed by atoms with E-state index in [1.54, 1.807) is 6.07 Å². The highest BCUT2D eigenvalue weighted by molar-refractivity contribution is 5.92. The Balaban J connectivity index is 2.01. The average molecular weight is 237 g/mol. The quantitative estimate of drug-likeness (QED) is 0.863. The average Bonchev–Trinajstić information content (AvgIpc) is 2.64. The lowest BCUT2D eigenvalue weighted by atomic mass is 10.2. The number of likely N-dealkylation sites (tertiary alicyclic amines) is 1. The van der Waals surface area contributed by atoms with E-state index in [2.05, 4.69) is 10.5 Å². The molecular weight excluding hydrogens is 218 g/mol. The van der Waals surface area contributed by atoms with E-state index in [1.165, 1.54) is 12.8 Å². The minimum atomic E-state index is -0.00185. The Hall–Kier alpha value is -1.36. The Morgan fingerprint density at radius 1 is 1.41 bits per heavy atom. The Morgan fingerprint density at radius 3 is 2.76 bits per heavy atom. The molecule has 1 aliphatic rings. The number of aromatic nitrogens is 1. The molecule has 17 heavy (non-hydrogen) atoms. The van der Waals surface area contributed by atoms with Gasteiger partial charge in [0.05, 0.1) is 6.54 Å². The maximum absolute atomic E-state index is 12.2. The first-order valence-corrected chi connectivity index (χ1v) is 6.20. The number of carbonyl (C=O) groups is 1. The maximum Gasteiger partial charge on any atom is 0.276 e. The van der Waals surface area contributed by atoms with E-state index in [-0.39, 0.29) is 5.91 Å². The monoisotopic (exact) mass is 237 g/mol. The predicted molar refractivity (Wildman–Crippen MR) is 63.6 cm³/mol. The minimum Gasteiger partial charge on any atom is -0.359 e. The van der Waals surface area contributed by atoms with Gasteiger partial charge in [0.25, 0.3) is 5.91 Å². The molecule has 0 aromatic carbocycles. The lowest BCUT2D eigenvalue weighted by molar-refractivity contribution is 0.0751. The molecule has 0 saturated carbocycles. The van der Waals surface area contributed by atoms with Crippen molar-refractivity contribution in [3.05, 3.63) is 17.5 Å². The molecule has 1 aromatic heterocycles. The van der Waals surface area contributed by atoms with Crippen LogP contribution in [0.5, 0.6) is 0 Å². The fraction of sp³-hybridized carbons (Fsp3) is 0.667. The summed E-state index contributed by atoms with van der Waals surface area (Å²) in [6.07, 6.45) is 4.61. The van der Waals surface area contributed by atoms with Crippen molar-refractivity contribution in [2.75, 3.05) is 20.1 Å². The van der Waals surface area contributed by atoms with Gasteiger partial charge in [-0.3, -0.25) is 4.79 Å². The molecule has 0 aliphatic carbocycles. The van der Waals surface area contributed by atoms with Crippen LogP contribution in [0.1, 0.15) is 41.9 Å². The smallest absolute Gasteiger partial charge is 0.276 e. The van der Waals surface area contributed by atoms with Gasteiger partial charge >= 0.3 is 0 Å². The Morgan fingerprint density at radius 2 is 2.12 bits per heavy atom. The van der Waals surface area contributed by atoms with Crippen molar-refractivity contribution >= 4 is 5.91 Å². The first-order chi connectivity index (χ1) is 8.31. The van der Waals surface area contributed by atoms with E-state index in [4.69, 9.17) is 4.52 Å². The largest absolute Gasteiger partial charge is 0.359 e. The van der Waals surface area contributed by atoms with E-state index in [9.17, 15) is 4.79 Å². The van der Waals surface area contributed by atoms with E-state index in [1.807, 2.05) is 11.9 Å². The summed E-state index contributed by atoms with van der Waals surface area (Å²) in [4.78, 5) is 14.0. The summed E-state index contributed by atoms with van der Waals surface area (Å²) >= 11 is 0. The molecule has 2 heterocycles. The molecule has 0 atom stereocenters. The molecule has 0 unspecified atom stereocenters. The van der Waals surface area contributed by atoms with Gasteiger partial charge in [-0.25, -0.2) is 0 Å². The molecule has 0 spiro atoms. The van der Waals surface area contributed by atoms with Crippen molar-refractivity contribution in [3.8, 4) is 0 Å². The molecule has 5 nitrogen and oxygen atoms in total. The summed E-state index contributed by atoms with van der Waals surface area (Å²) in [5.41, 5.74) is 0.428. The van der Waals surface area contributed by atoms with Crippen molar-refractivity contribution in [2.45, 2.75) is 32.2 Å². The second kappa shape index (κ2) is 5.82. The van der Waals surface area contributed by atoms with Crippen molar-refractivity contribution < 1.29 is 9.32 Å². The topological polar surface area (TPSA) is 58.4 Å². The zero-order chi connectivity index (χ0) is 12.1. The van der Waals surface area contributed by atoms with Crippen LogP contribution >= 0.6 is 0 Å². The van der Waals surface area contributed by atoms with Crippen LogP contribution in [0.15, 0.2) is 10.6 Å². The van der Waals surface area contributed by atoms with Gasteiger partial charge in [0.15, 0.2) is 11.5 Å². The van der Waals surface area contributed by atoms with E-state index >= 15 is 0 Å². The number of carbonyl (C=O) groups excluding carboxylic acids is 1. The van der Waals surface area contributed by atoms with Crippen LogP contribution in [0.3, 0.4) is 0 Å². The van der Waals surface area contributed by atoms with Crippen molar-refractivity contribution in [1.82, 2.24) is 15.4 Å². The van der Waals surface area contributed by atoms with Crippen molar-refractivity contribution in [1.29, 1.82) is 0 Å². The van der Waals surface area contributed by atoms with Crippen LogP contribution in [0.4, 0.5) is 0 Å². The van der Waals surface area contributed by atoms with E-state index in [0.29, 0.717) is 18.0 Å². The summed E-state index contributed by atoms with van der Waals surface area (Å²) in [5.74, 6) is 0.698. The summed E-state index contributed by atoms with van der Waals surface area (Å²) in [7, 11) is 1.83. The second-order valence-corrected chi connectivity index (χ2v) is 4.42. The molecule has 1 saturated heterocycles. The van der Waals surface area contributed by atoms with Gasteiger partial charge in [0.1, 0.15) is 0 Å². The molecule has 0 bridgehead atoms. The van der Waals surface area contributed by atoms with Crippen LogP contribution in [-0.4, -0.2) is 36.1 Å². The van der Waals surface area contributed by atoms with Gasteiger partial charge in [-0.2, -0.15) is 0 Å². The Labute approximate surface area is 101 Å². The standard InChI is InChI=1S/C12H19N3O2/c1-13-9-10-8-11(14-17-10)12(16)15-6-4-2-3-5-7-15/h8,13H,2-7,9H2,1H3. The highest BCUT2D eigenvalue weighted by Gasteiger charge is 2.20. The molecule has 1 fully saturated rings. The van der Waals surface area contributed by atoms with Gasteiger partial charge in [-0.1, -0.05) is 18.0 Å². The third-order valence-corrected chi connectivity index (χ3v) is 3.02. The summed E-state index contributed by atoms with van der Waals surface area (Å²) < 4.78 is 5.09. The van der Waals surface area contributed by atoms with Gasteiger partial charge < -0.3 is 14.7 Å². The highest BCUT2D eigenvalue weighted by atomic mass is 16.5. The SMILES string of the molecule is CNCc1cc(C(=O)N2CCCCCC2)no1. The zero-order valence-corrected chi connectivity index (χ0v) is 10.2. The maximum atomic E-state index is 12.2. The van der Waals surface area contributed by atoms with Crippen molar-refractivity contribution in [2.24, 2.45) is 0 Å². The molecule has 2 rings (SSSR count).